The lowest BCUT2D eigenvalue weighted by Crippen LogP contribution is -2.28. The first-order valence-corrected chi connectivity index (χ1v) is 6.00. The van der Waals surface area contributed by atoms with Crippen molar-refractivity contribution in [2.45, 2.75) is 19.4 Å². The zero-order chi connectivity index (χ0) is 12.7. The second kappa shape index (κ2) is 4.14. The number of rotatable bonds is 1. The number of benzene rings is 1. The fraction of sp³-hybridized carbons (Fsp3) is 0.357. The van der Waals surface area contributed by atoms with Gasteiger partial charge in [-0.1, -0.05) is 6.07 Å². The highest BCUT2D eigenvalue weighted by Gasteiger charge is 2.22. The van der Waals surface area contributed by atoms with Gasteiger partial charge in [-0.15, -0.1) is 0 Å². The number of methoxy groups -OCH3 is 1. The van der Waals surface area contributed by atoms with Crippen molar-refractivity contribution >= 4 is 10.9 Å². The van der Waals surface area contributed by atoms with E-state index in [0.29, 0.717) is 6.61 Å². The molecule has 0 aliphatic carbocycles. The van der Waals surface area contributed by atoms with Crippen LogP contribution in [0.15, 0.2) is 23.0 Å². The third kappa shape index (κ3) is 1.69. The van der Waals surface area contributed by atoms with Crippen LogP contribution in [0.3, 0.4) is 0 Å². The topological polar surface area (TPSA) is 51.3 Å². The van der Waals surface area contributed by atoms with E-state index in [2.05, 4.69) is 11.1 Å². The lowest BCUT2D eigenvalue weighted by Gasteiger charge is -2.26. The molecule has 0 saturated carbocycles. The van der Waals surface area contributed by atoms with E-state index in [9.17, 15) is 4.79 Å². The summed E-state index contributed by atoms with van der Waals surface area (Å²) in [5.41, 5.74) is 2.97. The van der Waals surface area contributed by atoms with Crippen molar-refractivity contribution < 1.29 is 9.47 Å². The number of nitrogens with one attached hydrogen (secondary N) is 1. The average molecular weight is 245 g/mol. The number of aromatic nitrogens is 1. The summed E-state index contributed by atoms with van der Waals surface area (Å²) in [5.74, 6) is 0.875. The molecule has 4 heteroatoms. The summed E-state index contributed by atoms with van der Waals surface area (Å²) in [6, 6.07) is 5.43. The van der Waals surface area contributed by atoms with E-state index >= 15 is 0 Å². The molecule has 0 amide bonds. The molecule has 1 aromatic carbocycles. The van der Waals surface area contributed by atoms with E-state index < -0.39 is 0 Å². The van der Waals surface area contributed by atoms with Crippen LogP contribution in [0.5, 0.6) is 5.75 Å². The summed E-state index contributed by atoms with van der Waals surface area (Å²) in [4.78, 5) is 14.3. The van der Waals surface area contributed by atoms with Gasteiger partial charge in [0.1, 0.15) is 12.4 Å². The lowest BCUT2D eigenvalue weighted by molar-refractivity contribution is 0.0475. The van der Waals surface area contributed by atoms with Crippen molar-refractivity contribution in [2.75, 3.05) is 13.7 Å². The molecular weight excluding hydrogens is 230 g/mol. The van der Waals surface area contributed by atoms with Crippen LogP contribution in [0.4, 0.5) is 0 Å². The molecule has 4 nitrogen and oxygen atoms in total. The van der Waals surface area contributed by atoms with E-state index in [1.165, 1.54) is 6.07 Å². The maximum Gasteiger partial charge on any atom is 0.248 e. The number of pyridine rings is 1. The van der Waals surface area contributed by atoms with E-state index in [1.807, 2.05) is 13.0 Å². The molecule has 0 spiro atoms. The Labute approximate surface area is 105 Å². The van der Waals surface area contributed by atoms with Crippen molar-refractivity contribution in [1.82, 2.24) is 4.98 Å². The van der Waals surface area contributed by atoms with Crippen LogP contribution in [0, 0.1) is 6.92 Å². The molecule has 1 aliphatic rings. The number of H-pyrrole nitrogens is 1. The van der Waals surface area contributed by atoms with Crippen molar-refractivity contribution in [1.29, 1.82) is 0 Å². The van der Waals surface area contributed by atoms with Crippen LogP contribution in [0.25, 0.3) is 10.9 Å². The minimum absolute atomic E-state index is 0.0869. The minimum Gasteiger partial charge on any atom is -0.490 e. The molecule has 0 radical (unpaired) electrons. The SMILES string of the molecule is COC1COc2c(cc(C)c3[nH]c(=O)ccc23)C1. The smallest absolute Gasteiger partial charge is 0.248 e. The second-order valence-electron chi connectivity index (χ2n) is 4.67. The molecule has 0 fully saturated rings. The fourth-order valence-electron chi connectivity index (χ4n) is 2.50. The van der Waals surface area contributed by atoms with Crippen LogP contribution >= 0.6 is 0 Å². The highest BCUT2D eigenvalue weighted by Crippen LogP contribution is 2.34. The average Bonchev–Trinajstić information content (AvgIpc) is 2.38. The van der Waals surface area contributed by atoms with Gasteiger partial charge in [0.15, 0.2) is 0 Å². The van der Waals surface area contributed by atoms with Gasteiger partial charge in [-0.25, -0.2) is 0 Å². The van der Waals surface area contributed by atoms with Crippen molar-refractivity contribution in [3.8, 4) is 5.75 Å². The molecule has 1 atom stereocenters. The highest BCUT2D eigenvalue weighted by atomic mass is 16.5. The van der Waals surface area contributed by atoms with Crippen LogP contribution in [-0.4, -0.2) is 24.8 Å². The molecule has 1 aromatic heterocycles. The third-order valence-electron chi connectivity index (χ3n) is 3.43. The zero-order valence-electron chi connectivity index (χ0n) is 10.4. The molecule has 2 aromatic rings. The Bertz CT molecular complexity index is 660. The predicted octanol–water partition coefficient (Wildman–Crippen LogP) is 1.79. The molecule has 18 heavy (non-hydrogen) atoms. The quantitative estimate of drug-likeness (QED) is 0.833. The van der Waals surface area contributed by atoms with Crippen molar-refractivity contribution in [2.24, 2.45) is 0 Å². The predicted molar refractivity (Wildman–Crippen MR) is 69.3 cm³/mol. The van der Waals surface area contributed by atoms with E-state index in [1.54, 1.807) is 7.11 Å². The third-order valence-corrected chi connectivity index (χ3v) is 3.43. The summed E-state index contributed by atoms with van der Waals surface area (Å²) < 4.78 is 11.1. The standard InChI is InChI=1S/C14H15NO3/c1-8-5-9-6-10(17-2)7-18-14(9)11-3-4-12(16)15-13(8)11/h3-5,10H,6-7H2,1-2H3,(H,15,16). The van der Waals surface area contributed by atoms with Crippen LogP contribution in [0.1, 0.15) is 11.1 Å². The molecule has 0 saturated heterocycles. The zero-order valence-corrected chi connectivity index (χ0v) is 10.4. The van der Waals surface area contributed by atoms with Crippen LogP contribution in [-0.2, 0) is 11.2 Å². The van der Waals surface area contributed by atoms with E-state index in [0.717, 1.165) is 34.2 Å². The van der Waals surface area contributed by atoms with Crippen molar-refractivity contribution in [3.63, 3.8) is 0 Å². The molecule has 1 aliphatic heterocycles. The number of hydrogen-bond donors (Lipinski definition) is 1. The summed E-state index contributed by atoms with van der Waals surface area (Å²) in [6.07, 6.45) is 0.957. The van der Waals surface area contributed by atoms with Gasteiger partial charge >= 0.3 is 0 Å². The number of ether oxygens (including phenoxy) is 2. The van der Waals surface area contributed by atoms with Crippen LogP contribution in [0.2, 0.25) is 0 Å². The van der Waals surface area contributed by atoms with Gasteiger partial charge in [-0.05, 0) is 24.1 Å². The van der Waals surface area contributed by atoms with Crippen LogP contribution < -0.4 is 10.3 Å². The van der Waals surface area contributed by atoms with Gasteiger partial charge in [0.05, 0.1) is 11.6 Å². The van der Waals surface area contributed by atoms with Gasteiger partial charge in [0, 0.05) is 25.0 Å². The van der Waals surface area contributed by atoms with Crippen molar-refractivity contribution in [3.05, 3.63) is 39.7 Å². The summed E-state index contributed by atoms with van der Waals surface area (Å²) in [5, 5.41) is 0.971. The second-order valence-corrected chi connectivity index (χ2v) is 4.67. The summed E-state index contributed by atoms with van der Waals surface area (Å²) >= 11 is 0. The Morgan fingerprint density at radius 1 is 1.44 bits per heavy atom. The van der Waals surface area contributed by atoms with Gasteiger partial charge < -0.3 is 14.5 Å². The number of hydrogen-bond acceptors (Lipinski definition) is 3. The normalized spacial score (nSPS) is 18.4. The first kappa shape index (κ1) is 11.3. The van der Waals surface area contributed by atoms with Gasteiger partial charge in [-0.3, -0.25) is 4.79 Å². The number of aryl methyl sites for hydroxylation is 1. The minimum atomic E-state index is -0.0869. The first-order chi connectivity index (χ1) is 8.69. The molecule has 1 N–H and O–H groups in total. The lowest BCUT2D eigenvalue weighted by atomic mass is 9.98. The maximum absolute atomic E-state index is 11.4. The Balaban J connectivity index is 2.24. The van der Waals surface area contributed by atoms with Gasteiger partial charge in [0.2, 0.25) is 5.56 Å². The van der Waals surface area contributed by atoms with Gasteiger partial charge in [-0.2, -0.15) is 0 Å². The Hall–Kier alpha value is -1.81. The first-order valence-electron chi connectivity index (χ1n) is 6.00. The fourth-order valence-corrected chi connectivity index (χ4v) is 2.50. The molecule has 0 bridgehead atoms. The summed E-state index contributed by atoms with van der Waals surface area (Å²) in [7, 11) is 1.70. The molecule has 94 valence electrons. The highest BCUT2D eigenvalue weighted by molar-refractivity contribution is 5.89. The van der Waals surface area contributed by atoms with E-state index in [4.69, 9.17) is 9.47 Å². The molecule has 2 heterocycles. The molecule has 3 rings (SSSR count). The molecule has 1 unspecified atom stereocenters. The Kier molecular flexibility index (Phi) is 2.59. The monoisotopic (exact) mass is 245 g/mol. The maximum atomic E-state index is 11.4. The molecular formula is C14H15NO3. The number of fused-ring (bicyclic) bond motifs is 3. The summed E-state index contributed by atoms with van der Waals surface area (Å²) in [6.45, 7) is 2.55. The Morgan fingerprint density at radius 3 is 3.06 bits per heavy atom. The van der Waals surface area contributed by atoms with Gasteiger partial charge in [0.25, 0.3) is 0 Å². The largest absolute Gasteiger partial charge is 0.490 e. The Morgan fingerprint density at radius 2 is 2.28 bits per heavy atom. The van der Waals surface area contributed by atoms with E-state index in [-0.39, 0.29) is 11.7 Å². The number of aromatic amines is 1.